The second-order valence-electron chi connectivity index (χ2n) is 3.46. The van der Waals surface area contributed by atoms with Crippen molar-refractivity contribution in [3.8, 4) is 0 Å². The smallest absolute Gasteiger partial charge is 0.148 e. The summed E-state index contributed by atoms with van der Waals surface area (Å²) in [5.74, 6) is 0.399. The van der Waals surface area contributed by atoms with Crippen molar-refractivity contribution < 1.29 is 9.18 Å². The lowest BCUT2D eigenvalue weighted by molar-refractivity contribution is -0.105. The molecule has 0 fully saturated rings. The number of hydrogen-bond donors (Lipinski definition) is 0. The van der Waals surface area contributed by atoms with Gasteiger partial charge in [-0.2, -0.15) is 0 Å². The zero-order valence-corrected chi connectivity index (χ0v) is 7.38. The molecular weight excluding hydrogens is 155 g/mol. The van der Waals surface area contributed by atoms with Crippen LogP contribution in [-0.4, -0.2) is 6.29 Å². The zero-order chi connectivity index (χ0) is 9.14. The quantitative estimate of drug-likeness (QED) is 0.579. The molecule has 0 aromatic rings. The molecule has 1 unspecified atom stereocenters. The molecule has 66 valence electrons. The minimum absolute atomic E-state index is 0.302. The van der Waals surface area contributed by atoms with Gasteiger partial charge in [-0.15, -0.1) is 0 Å². The van der Waals surface area contributed by atoms with Crippen LogP contribution in [0.2, 0.25) is 0 Å². The molecule has 0 spiro atoms. The molecule has 0 saturated heterocycles. The van der Waals surface area contributed by atoms with Crippen molar-refractivity contribution in [2.45, 2.75) is 20.3 Å². The van der Waals surface area contributed by atoms with Crippen LogP contribution in [0.15, 0.2) is 23.6 Å². The van der Waals surface area contributed by atoms with Crippen molar-refractivity contribution in [1.82, 2.24) is 0 Å². The summed E-state index contributed by atoms with van der Waals surface area (Å²) in [5.41, 5.74) is 0.302. The summed E-state index contributed by atoms with van der Waals surface area (Å²) in [4.78, 5) is 10.4. The van der Waals surface area contributed by atoms with Crippen LogP contribution < -0.4 is 0 Å². The highest BCUT2D eigenvalue weighted by Crippen LogP contribution is 2.27. The first-order chi connectivity index (χ1) is 5.65. The molecule has 0 heterocycles. The van der Waals surface area contributed by atoms with Crippen LogP contribution in [0.4, 0.5) is 4.39 Å². The summed E-state index contributed by atoms with van der Waals surface area (Å²) >= 11 is 0. The summed E-state index contributed by atoms with van der Waals surface area (Å²) in [6.07, 6.45) is 4.41. The van der Waals surface area contributed by atoms with Gasteiger partial charge in [0.1, 0.15) is 12.1 Å². The van der Waals surface area contributed by atoms with E-state index in [-0.39, 0.29) is 5.83 Å². The molecule has 0 radical (unpaired) electrons. The Bertz CT molecular complexity index is 238. The largest absolute Gasteiger partial charge is 0.298 e. The van der Waals surface area contributed by atoms with Gasteiger partial charge in [-0.1, -0.05) is 19.9 Å². The van der Waals surface area contributed by atoms with Gasteiger partial charge in [0.2, 0.25) is 0 Å². The van der Waals surface area contributed by atoms with Gasteiger partial charge in [0.15, 0.2) is 0 Å². The van der Waals surface area contributed by atoms with Crippen LogP contribution in [0.25, 0.3) is 0 Å². The topological polar surface area (TPSA) is 17.1 Å². The van der Waals surface area contributed by atoms with Gasteiger partial charge in [0, 0.05) is 5.57 Å². The van der Waals surface area contributed by atoms with Crippen molar-refractivity contribution in [1.29, 1.82) is 0 Å². The highest BCUT2D eigenvalue weighted by Gasteiger charge is 2.18. The molecule has 0 aromatic heterocycles. The van der Waals surface area contributed by atoms with Gasteiger partial charge in [-0.3, -0.25) is 4.79 Å². The van der Waals surface area contributed by atoms with Crippen molar-refractivity contribution in [3.63, 3.8) is 0 Å². The molecule has 12 heavy (non-hydrogen) atoms. The maximum absolute atomic E-state index is 12.8. The molecule has 0 aliphatic heterocycles. The number of carbonyl (C=O) groups is 1. The summed E-state index contributed by atoms with van der Waals surface area (Å²) in [6, 6.07) is 0. The minimum Gasteiger partial charge on any atom is -0.298 e. The number of rotatable bonds is 2. The molecule has 1 rings (SSSR count). The van der Waals surface area contributed by atoms with E-state index in [0.717, 1.165) is 0 Å². The number of hydrogen-bond acceptors (Lipinski definition) is 1. The van der Waals surface area contributed by atoms with E-state index in [9.17, 15) is 9.18 Å². The van der Waals surface area contributed by atoms with Crippen LogP contribution in [-0.2, 0) is 4.79 Å². The van der Waals surface area contributed by atoms with Crippen LogP contribution >= 0.6 is 0 Å². The number of carbonyl (C=O) groups excluding carboxylic acids is 1. The Morgan fingerprint density at radius 2 is 2.33 bits per heavy atom. The first-order valence-electron chi connectivity index (χ1n) is 4.17. The summed E-state index contributed by atoms with van der Waals surface area (Å²) in [6.45, 7) is 4.14. The lowest BCUT2D eigenvalue weighted by atomic mass is 9.86. The minimum atomic E-state index is -0.373. The third-order valence-corrected chi connectivity index (χ3v) is 2.25. The second-order valence-corrected chi connectivity index (χ2v) is 3.46. The number of aldehydes is 1. The molecule has 1 aliphatic rings. The van der Waals surface area contributed by atoms with Gasteiger partial charge in [-0.05, 0) is 24.3 Å². The van der Waals surface area contributed by atoms with Gasteiger partial charge >= 0.3 is 0 Å². The third kappa shape index (κ3) is 1.81. The monoisotopic (exact) mass is 168 g/mol. The Morgan fingerprint density at radius 3 is 2.83 bits per heavy atom. The molecule has 0 bridgehead atoms. The fraction of sp³-hybridized carbons (Fsp3) is 0.500. The van der Waals surface area contributed by atoms with Crippen LogP contribution in [0.1, 0.15) is 20.3 Å². The Balaban J connectivity index is 2.76. The second kappa shape index (κ2) is 3.65. The highest BCUT2D eigenvalue weighted by atomic mass is 19.1. The molecular formula is C10H13FO. The van der Waals surface area contributed by atoms with Crippen LogP contribution in [0.3, 0.4) is 0 Å². The summed E-state index contributed by atoms with van der Waals surface area (Å²) in [7, 11) is 0. The third-order valence-electron chi connectivity index (χ3n) is 2.25. The van der Waals surface area contributed by atoms with E-state index in [2.05, 4.69) is 13.8 Å². The van der Waals surface area contributed by atoms with E-state index in [1.165, 1.54) is 6.08 Å². The first kappa shape index (κ1) is 9.17. The lowest BCUT2D eigenvalue weighted by Gasteiger charge is -2.19. The Labute approximate surface area is 72.0 Å². The average molecular weight is 168 g/mol. The molecule has 1 atom stereocenters. The SMILES string of the molecule is CC(C)C1C=CC(F)=C(C=O)C1. The maximum Gasteiger partial charge on any atom is 0.148 e. The number of allylic oxidation sites excluding steroid dienone is 4. The van der Waals surface area contributed by atoms with E-state index < -0.39 is 0 Å². The molecule has 2 heteroatoms. The molecule has 1 nitrogen and oxygen atoms in total. The first-order valence-corrected chi connectivity index (χ1v) is 4.17. The van der Waals surface area contributed by atoms with Crippen molar-refractivity contribution in [3.05, 3.63) is 23.6 Å². The lowest BCUT2D eigenvalue weighted by Crippen LogP contribution is -2.11. The van der Waals surface area contributed by atoms with Crippen molar-refractivity contribution in [2.75, 3.05) is 0 Å². The number of halogens is 1. The zero-order valence-electron chi connectivity index (χ0n) is 7.38. The van der Waals surface area contributed by atoms with Gasteiger partial charge in [-0.25, -0.2) is 4.39 Å². The van der Waals surface area contributed by atoms with E-state index in [4.69, 9.17) is 0 Å². The molecule has 0 N–H and O–H groups in total. The van der Waals surface area contributed by atoms with Crippen LogP contribution in [0, 0.1) is 11.8 Å². The van der Waals surface area contributed by atoms with Crippen molar-refractivity contribution >= 4 is 6.29 Å². The standard InChI is InChI=1S/C10H13FO/c1-7(2)8-3-4-10(11)9(5-8)6-12/h3-4,6-8H,5H2,1-2H3. The van der Waals surface area contributed by atoms with E-state index >= 15 is 0 Å². The fourth-order valence-corrected chi connectivity index (χ4v) is 1.30. The molecule has 0 amide bonds. The maximum atomic E-state index is 12.8. The molecule has 0 aromatic carbocycles. The predicted octanol–water partition coefficient (Wildman–Crippen LogP) is 2.64. The van der Waals surface area contributed by atoms with Crippen molar-refractivity contribution in [2.24, 2.45) is 11.8 Å². The summed E-state index contributed by atoms with van der Waals surface area (Å²) < 4.78 is 12.8. The Morgan fingerprint density at radius 1 is 1.67 bits per heavy atom. The van der Waals surface area contributed by atoms with Gasteiger partial charge < -0.3 is 0 Å². The summed E-state index contributed by atoms with van der Waals surface area (Å²) in [5, 5.41) is 0. The average Bonchev–Trinajstić information content (AvgIpc) is 2.05. The Hall–Kier alpha value is -0.920. The van der Waals surface area contributed by atoms with E-state index in [1.807, 2.05) is 6.08 Å². The highest BCUT2D eigenvalue weighted by molar-refractivity contribution is 5.75. The van der Waals surface area contributed by atoms with Crippen LogP contribution in [0.5, 0.6) is 0 Å². The van der Waals surface area contributed by atoms with E-state index in [1.54, 1.807) is 0 Å². The normalized spacial score (nSPS) is 23.5. The van der Waals surface area contributed by atoms with Gasteiger partial charge in [0.25, 0.3) is 0 Å². The Kier molecular flexibility index (Phi) is 2.79. The fourth-order valence-electron chi connectivity index (χ4n) is 1.30. The predicted molar refractivity (Wildman–Crippen MR) is 46.3 cm³/mol. The molecule has 0 saturated carbocycles. The van der Waals surface area contributed by atoms with Gasteiger partial charge in [0.05, 0.1) is 0 Å². The van der Waals surface area contributed by atoms with E-state index in [0.29, 0.717) is 30.1 Å². The molecule has 1 aliphatic carbocycles.